The van der Waals surface area contributed by atoms with Crippen LogP contribution in [-0.4, -0.2) is 4.98 Å². The van der Waals surface area contributed by atoms with Crippen molar-refractivity contribution < 1.29 is 0 Å². The molecule has 0 saturated carbocycles. The molecule has 0 saturated heterocycles. The SMILES string of the molecule is C=C/C=C\C(=C)C(=C)c1c(C(=C)C2=CC=CCC2)c(=O)c2nc3c(=O)c4c(-c5ccccc5)ccc(-c5ccccc5)c4c(=O)c3cc2c1=O. The number of hydrogen-bond acceptors (Lipinski definition) is 5. The summed E-state index contributed by atoms with van der Waals surface area (Å²) in [6.07, 6.45) is 12.0. The second kappa shape index (κ2) is 12.8. The first-order valence-corrected chi connectivity index (χ1v) is 16.2. The van der Waals surface area contributed by atoms with Gasteiger partial charge in [0.05, 0.1) is 10.8 Å². The zero-order chi connectivity index (χ0) is 35.1. The molecule has 6 aromatic rings. The third-order valence-electron chi connectivity index (χ3n) is 9.30. The Balaban J connectivity index is 1.64. The lowest BCUT2D eigenvalue weighted by atomic mass is 9.85. The smallest absolute Gasteiger partial charge is 0.213 e. The summed E-state index contributed by atoms with van der Waals surface area (Å²) in [6, 6.07) is 23.7. The number of benzene rings is 5. The Morgan fingerprint density at radius 3 is 1.84 bits per heavy atom. The van der Waals surface area contributed by atoms with Crippen molar-refractivity contribution in [2.45, 2.75) is 12.8 Å². The fourth-order valence-corrected chi connectivity index (χ4v) is 6.77. The predicted molar refractivity (Wildman–Crippen MR) is 208 cm³/mol. The van der Waals surface area contributed by atoms with Crippen LogP contribution in [0.4, 0.5) is 0 Å². The summed E-state index contributed by atoms with van der Waals surface area (Å²) >= 11 is 0. The molecular weight excluding hydrogens is 618 g/mol. The fourth-order valence-electron chi connectivity index (χ4n) is 6.77. The Morgan fingerprint density at radius 1 is 0.680 bits per heavy atom. The number of allylic oxidation sites excluding steroid dienone is 10. The van der Waals surface area contributed by atoms with Gasteiger partial charge in [-0.2, -0.15) is 0 Å². The highest BCUT2D eigenvalue weighted by Gasteiger charge is 2.26. The summed E-state index contributed by atoms with van der Waals surface area (Å²) in [6.45, 7) is 16.2. The van der Waals surface area contributed by atoms with E-state index >= 15 is 0 Å². The number of fused-ring (bicyclic) bond motifs is 3. The molecule has 0 bridgehead atoms. The molecule has 0 aliphatic heterocycles. The number of hydrogen-bond donors (Lipinski definition) is 0. The van der Waals surface area contributed by atoms with Crippen LogP contribution in [0.5, 0.6) is 0 Å². The molecule has 0 N–H and O–H groups in total. The Bertz CT molecular complexity index is 2780. The summed E-state index contributed by atoms with van der Waals surface area (Å²) in [5.74, 6) is 0. The lowest BCUT2D eigenvalue weighted by Gasteiger charge is -2.18. The highest BCUT2D eigenvalue weighted by Crippen LogP contribution is 2.35. The lowest BCUT2D eigenvalue weighted by molar-refractivity contribution is 0.996. The van der Waals surface area contributed by atoms with Crippen LogP contribution in [0.1, 0.15) is 24.0 Å². The van der Waals surface area contributed by atoms with Gasteiger partial charge in [-0.05, 0) is 63.5 Å². The third kappa shape index (κ3) is 5.17. The van der Waals surface area contributed by atoms with Crippen molar-refractivity contribution >= 4 is 43.7 Å². The quantitative estimate of drug-likeness (QED) is 0.122. The van der Waals surface area contributed by atoms with Crippen LogP contribution in [0.3, 0.4) is 0 Å². The maximum Gasteiger partial charge on any atom is 0.213 e. The topological polar surface area (TPSA) is 81.2 Å². The van der Waals surface area contributed by atoms with Gasteiger partial charge >= 0.3 is 0 Å². The maximum atomic E-state index is 14.6. The number of nitrogens with zero attached hydrogens (tertiary/aromatic N) is 1. The zero-order valence-corrected chi connectivity index (χ0v) is 27.3. The van der Waals surface area contributed by atoms with Crippen molar-refractivity contribution in [1.29, 1.82) is 0 Å². The first-order valence-electron chi connectivity index (χ1n) is 16.2. The highest BCUT2D eigenvalue weighted by atomic mass is 16.1. The summed E-state index contributed by atoms with van der Waals surface area (Å²) in [4.78, 5) is 63.0. The van der Waals surface area contributed by atoms with Crippen molar-refractivity contribution in [2.24, 2.45) is 0 Å². The first-order chi connectivity index (χ1) is 24.2. The predicted octanol–water partition coefficient (Wildman–Crippen LogP) is 8.79. The van der Waals surface area contributed by atoms with Gasteiger partial charge in [-0.3, -0.25) is 19.2 Å². The van der Waals surface area contributed by atoms with Gasteiger partial charge in [0, 0.05) is 21.9 Å². The third-order valence-corrected chi connectivity index (χ3v) is 9.30. The Kier molecular flexibility index (Phi) is 8.18. The molecule has 1 aliphatic carbocycles. The molecule has 0 fully saturated rings. The van der Waals surface area contributed by atoms with Crippen LogP contribution in [0.15, 0.2) is 172 Å². The molecule has 5 aromatic carbocycles. The van der Waals surface area contributed by atoms with E-state index in [2.05, 4.69) is 31.3 Å². The summed E-state index contributed by atoms with van der Waals surface area (Å²) in [7, 11) is 0. The molecule has 7 rings (SSSR count). The van der Waals surface area contributed by atoms with E-state index in [1.807, 2.05) is 91.0 Å². The van der Waals surface area contributed by atoms with Crippen LogP contribution in [-0.2, 0) is 0 Å². The van der Waals surface area contributed by atoms with E-state index in [1.165, 1.54) is 6.07 Å². The lowest BCUT2D eigenvalue weighted by Crippen LogP contribution is -2.25. The Hall–Kier alpha value is -6.59. The van der Waals surface area contributed by atoms with Gasteiger partial charge in [-0.15, -0.1) is 0 Å². The highest BCUT2D eigenvalue weighted by molar-refractivity contribution is 6.11. The molecule has 0 radical (unpaired) electrons. The van der Waals surface area contributed by atoms with Crippen LogP contribution >= 0.6 is 0 Å². The van der Waals surface area contributed by atoms with E-state index < -0.39 is 21.7 Å². The molecule has 1 aromatic heterocycles. The second-order valence-corrected chi connectivity index (χ2v) is 12.2. The van der Waals surface area contributed by atoms with Gasteiger partial charge in [0.25, 0.3) is 0 Å². The van der Waals surface area contributed by atoms with E-state index in [0.29, 0.717) is 28.7 Å². The fraction of sp³-hybridized carbons (Fsp3) is 0.0444. The van der Waals surface area contributed by atoms with Crippen LogP contribution in [0.2, 0.25) is 0 Å². The average Bonchev–Trinajstić information content (AvgIpc) is 3.16. The summed E-state index contributed by atoms with van der Waals surface area (Å²) in [5, 5.41) is 0.309. The van der Waals surface area contributed by atoms with E-state index in [1.54, 1.807) is 18.2 Å². The normalized spacial score (nSPS) is 12.8. The van der Waals surface area contributed by atoms with Crippen LogP contribution < -0.4 is 21.7 Å². The molecule has 0 atom stereocenters. The minimum Gasteiger partial charge on any atom is -0.288 e. The van der Waals surface area contributed by atoms with E-state index in [9.17, 15) is 19.2 Å². The average molecular weight is 650 g/mol. The van der Waals surface area contributed by atoms with Crippen molar-refractivity contribution in [3.8, 4) is 22.3 Å². The molecule has 5 heteroatoms. The van der Waals surface area contributed by atoms with Crippen molar-refractivity contribution in [2.75, 3.05) is 0 Å². The van der Waals surface area contributed by atoms with Gasteiger partial charge in [0.15, 0.2) is 10.9 Å². The van der Waals surface area contributed by atoms with Gasteiger partial charge in [0.2, 0.25) is 10.9 Å². The monoisotopic (exact) mass is 649 g/mol. The van der Waals surface area contributed by atoms with Gasteiger partial charge < -0.3 is 0 Å². The molecule has 5 nitrogen and oxygen atoms in total. The second-order valence-electron chi connectivity index (χ2n) is 12.2. The molecule has 1 heterocycles. The van der Waals surface area contributed by atoms with E-state index in [0.717, 1.165) is 23.1 Å². The molecule has 1 aliphatic rings. The molecular formula is C45H31NO4. The van der Waals surface area contributed by atoms with Crippen LogP contribution in [0, 0.1) is 0 Å². The molecule has 50 heavy (non-hydrogen) atoms. The summed E-state index contributed by atoms with van der Waals surface area (Å²) < 4.78 is 0. The standard InChI is InChI=1S/C45H31NO4/c1-5-6-16-26(2)27(3)36-37(28(4)29-17-10-7-11-18-29)44(49)40-34(42(36)47)25-35-41(46-40)45(50)39-33(31-21-14-9-15-22-31)24-23-32(38(39)43(35)48)30-19-12-8-13-20-30/h5-10,12-17,19-25H,1-4,11,18H2/b16-6-. The molecule has 0 unspecified atom stereocenters. The van der Waals surface area contributed by atoms with Gasteiger partial charge in [-0.1, -0.05) is 136 Å². The maximum absolute atomic E-state index is 14.6. The largest absolute Gasteiger partial charge is 0.288 e. The molecule has 0 spiro atoms. The van der Waals surface area contributed by atoms with Crippen molar-refractivity contribution in [3.63, 3.8) is 0 Å². The van der Waals surface area contributed by atoms with Crippen molar-refractivity contribution in [3.05, 3.63) is 205 Å². The van der Waals surface area contributed by atoms with E-state index in [-0.39, 0.29) is 49.3 Å². The molecule has 240 valence electrons. The number of rotatable bonds is 8. The van der Waals surface area contributed by atoms with Gasteiger partial charge in [-0.25, -0.2) is 4.98 Å². The minimum atomic E-state index is -0.577. The van der Waals surface area contributed by atoms with Crippen molar-refractivity contribution in [1.82, 2.24) is 4.98 Å². The number of aromatic nitrogens is 1. The van der Waals surface area contributed by atoms with Crippen LogP contribution in [0.25, 0.3) is 66.0 Å². The Morgan fingerprint density at radius 2 is 1.26 bits per heavy atom. The zero-order valence-electron chi connectivity index (χ0n) is 27.3. The van der Waals surface area contributed by atoms with E-state index in [4.69, 9.17) is 0 Å². The first kappa shape index (κ1) is 32.0. The number of pyridine rings is 1. The Labute approximate surface area is 287 Å². The molecule has 0 amide bonds. The van der Waals surface area contributed by atoms with Gasteiger partial charge in [0.1, 0.15) is 11.0 Å². The minimum absolute atomic E-state index is 0.0368. The summed E-state index contributed by atoms with van der Waals surface area (Å²) in [5.41, 5.74) is 2.10.